The number of pyridine rings is 1. The van der Waals surface area contributed by atoms with Gasteiger partial charge in [-0.2, -0.15) is 0 Å². The zero-order valence-electron chi connectivity index (χ0n) is 15.9. The predicted octanol–water partition coefficient (Wildman–Crippen LogP) is 1.17. The van der Waals surface area contributed by atoms with E-state index in [4.69, 9.17) is 0 Å². The van der Waals surface area contributed by atoms with E-state index in [0.29, 0.717) is 31.7 Å². The quantitative estimate of drug-likeness (QED) is 0.700. The molecule has 2 aromatic heterocycles. The minimum Gasteiger partial charge on any atom is -0.345 e. The molecule has 2 aliphatic heterocycles. The molecule has 8 nitrogen and oxygen atoms in total. The van der Waals surface area contributed by atoms with Crippen LogP contribution >= 0.6 is 0 Å². The van der Waals surface area contributed by atoms with E-state index in [2.05, 4.69) is 15.0 Å². The van der Waals surface area contributed by atoms with Gasteiger partial charge >= 0.3 is 0 Å². The summed E-state index contributed by atoms with van der Waals surface area (Å²) in [5.74, 6) is 0.0774. The summed E-state index contributed by atoms with van der Waals surface area (Å²) < 4.78 is 0. The van der Waals surface area contributed by atoms with Crippen LogP contribution in [0.2, 0.25) is 0 Å². The third-order valence-corrected chi connectivity index (χ3v) is 6.00. The highest BCUT2D eigenvalue weighted by atomic mass is 16.2. The zero-order valence-corrected chi connectivity index (χ0v) is 15.9. The molecule has 0 unspecified atom stereocenters. The zero-order chi connectivity index (χ0) is 20.0. The van der Waals surface area contributed by atoms with Gasteiger partial charge in [-0.15, -0.1) is 0 Å². The van der Waals surface area contributed by atoms with Gasteiger partial charge in [-0.1, -0.05) is 6.07 Å². The number of fused-ring (bicyclic) bond motifs is 1. The summed E-state index contributed by atoms with van der Waals surface area (Å²) in [5, 5.41) is 0. The highest BCUT2D eigenvalue weighted by Gasteiger charge is 2.50. The topological polar surface area (TPSA) is 102 Å². The van der Waals surface area contributed by atoms with E-state index in [1.165, 1.54) is 6.07 Å². The van der Waals surface area contributed by atoms with E-state index < -0.39 is 0 Å². The van der Waals surface area contributed by atoms with Crippen molar-refractivity contribution in [1.29, 1.82) is 0 Å². The van der Waals surface area contributed by atoms with Crippen LogP contribution < -0.4 is 5.56 Å². The fourth-order valence-electron chi connectivity index (χ4n) is 4.40. The number of carbonyl (C=O) groups is 2. The molecule has 1 aromatic carbocycles. The number of benzene rings is 1. The second-order valence-electron chi connectivity index (χ2n) is 8.10. The molecular formula is C21H21N5O3. The standard InChI is InChI=1S/C21H21N5O3/c27-18-4-1-14(9-22-18)7-19(28)25-6-5-21(10-25)11-26(12-21)20(29)15-2-3-16-17(8-15)24-13-23-16/h1-4,8-9,13H,5-7,10-12H2,(H,22,27)(H,23,24). The normalized spacial score (nSPS) is 17.7. The van der Waals surface area contributed by atoms with Crippen LogP contribution in [0.5, 0.6) is 0 Å². The number of rotatable bonds is 3. The molecule has 2 saturated heterocycles. The minimum atomic E-state index is -0.174. The maximum absolute atomic E-state index is 12.8. The van der Waals surface area contributed by atoms with Crippen molar-refractivity contribution in [2.75, 3.05) is 26.2 Å². The fraction of sp³-hybridized carbons (Fsp3) is 0.333. The second kappa shape index (κ2) is 6.58. The van der Waals surface area contributed by atoms with Gasteiger partial charge in [-0.05, 0) is 30.2 Å². The van der Waals surface area contributed by atoms with E-state index in [0.717, 1.165) is 23.0 Å². The molecule has 0 aliphatic carbocycles. The summed E-state index contributed by atoms with van der Waals surface area (Å²) in [6.07, 6.45) is 4.40. The fourth-order valence-corrected chi connectivity index (χ4v) is 4.40. The van der Waals surface area contributed by atoms with Gasteiger partial charge in [0.25, 0.3) is 5.91 Å². The molecule has 1 spiro atoms. The molecule has 5 rings (SSSR count). The van der Waals surface area contributed by atoms with Crippen LogP contribution in [0.15, 0.2) is 47.7 Å². The Labute approximate surface area is 166 Å². The third-order valence-electron chi connectivity index (χ3n) is 6.00. The van der Waals surface area contributed by atoms with Gasteiger partial charge < -0.3 is 19.8 Å². The van der Waals surface area contributed by atoms with Crippen LogP contribution in [0.1, 0.15) is 22.3 Å². The second-order valence-corrected chi connectivity index (χ2v) is 8.10. The van der Waals surface area contributed by atoms with Crippen LogP contribution in [-0.2, 0) is 11.2 Å². The van der Waals surface area contributed by atoms with E-state index in [1.54, 1.807) is 18.6 Å². The number of aromatic nitrogens is 3. The molecule has 2 N–H and O–H groups in total. The Balaban J connectivity index is 1.20. The first-order valence-corrected chi connectivity index (χ1v) is 9.69. The number of hydrogen-bond acceptors (Lipinski definition) is 4. The Bertz CT molecular complexity index is 1140. The smallest absolute Gasteiger partial charge is 0.253 e. The van der Waals surface area contributed by atoms with Crippen molar-refractivity contribution in [1.82, 2.24) is 24.8 Å². The first-order valence-electron chi connectivity index (χ1n) is 9.69. The van der Waals surface area contributed by atoms with Crippen LogP contribution in [0.3, 0.4) is 0 Å². The molecule has 0 saturated carbocycles. The van der Waals surface area contributed by atoms with Crippen LogP contribution in [-0.4, -0.2) is 62.7 Å². The molecule has 2 amide bonds. The lowest BCUT2D eigenvalue weighted by atomic mass is 9.78. The Morgan fingerprint density at radius 1 is 1.07 bits per heavy atom. The number of aromatic amines is 2. The van der Waals surface area contributed by atoms with Crippen molar-refractivity contribution in [3.05, 3.63) is 64.3 Å². The number of hydrogen-bond donors (Lipinski definition) is 2. The summed E-state index contributed by atoms with van der Waals surface area (Å²) in [6, 6.07) is 8.61. The van der Waals surface area contributed by atoms with Crippen molar-refractivity contribution in [3.8, 4) is 0 Å². The summed E-state index contributed by atoms with van der Waals surface area (Å²) in [4.78, 5) is 50.1. The Kier molecular flexibility index (Phi) is 4.01. The number of H-pyrrole nitrogens is 2. The molecule has 0 bridgehead atoms. The number of nitrogens with zero attached hydrogens (tertiary/aromatic N) is 3. The third kappa shape index (κ3) is 3.20. The van der Waals surface area contributed by atoms with Crippen LogP contribution in [0.4, 0.5) is 0 Å². The SMILES string of the molecule is O=C(Cc1ccc(=O)[nH]c1)N1CCC2(C1)CN(C(=O)c1ccc3nc[nH]c3c1)C2. The average Bonchev–Trinajstić information content (AvgIpc) is 3.34. The first kappa shape index (κ1) is 17.7. The van der Waals surface area contributed by atoms with Crippen LogP contribution in [0, 0.1) is 5.41 Å². The molecule has 0 atom stereocenters. The van der Waals surface area contributed by atoms with Crippen molar-refractivity contribution in [2.24, 2.45) is 5.41 Å². The molecule has 0 radical (unpaired) electrons. The van der Waals surface area contributed by atoms with Crippen molar-refractivity contribution in [3.63, 3.8) is 0 Å². The minimum absolute atomic E-state index is 0.00834. The van der Waals surface area contributed by atoms with Gasteiger partial charge in [-0.3, -0.25) is 14.4 Å². The average molecular weight is 391 g/mol. The number of nitrogens with one attached hydrogen (secondary N) is 2. The van der Waals surface area contributed by atoms with Crippen molar-refractivity contribution < 1.29 is 9.59 Å². The predicted molar refractivity (Wildman–Crippen MR) is 106 cm³/mol. The lowest BCUT2D eigenvalue weighted by Crippen LogP contribution is -2.59. The van der Waals surface area contributed by atoms with Crippen LogP contribution in [0.25, 0.3) is 11.0 Å². The highest BCUT2D eigenvalue weighted by Crippen LogP contribution is 2.40. The van der Waals surface area contributed by atoms with E-state index in [1.807, 2.05) is 28.0 Å². The largest absolute Gasteiger partial charge is 0.345 e. The van der Waals surface area contributed by atoms with Crippen molar-refractivity contribution in [2.45, 2.75) is 12.8 Å². The van der Waals surface area contributed by atoms with Gasteiger partial charge in [0, 0.05) is 49.4 Å². The maximum atomic E-state index is 12.8. The lowest BCUT2D eigenvalue weighted by Gasteiger charge is -2.48. The maximum Gasteiger partial charge on any atom is 0.253 e. The molecule has 148 valence electrons. The molecule has 2 aliphatic rings. The molecule has 4 heterocycles. The Morgan fingerprint density at radius 2 is 1.90 bits per heavy atom. The van der Waals surface area contributed by atoms with Gasteiger partial charge in [-0.25, -0.2) is 4.98 Å². The molecule has 29 heavy (non-hydrogen) atoms. The van der Waals surface area contributed by atoms with E-state index in [-0.39, 0.29) is 29.2 Å². The molecule has 8 heteroatoms. The van der Waals surface area contributed by atoms with E-state index in [9.17, 15) is 14.4 Å². The monoisotopic (exact) mass is 391 g/mol. The molecular weight excluding hydrogens is 370 g/mol. The number of imidazole rings is 1. The Hall–Kier alpha value is -3.42. The lowest BCUT2D eigenvalue weighted by molar-refractivity contribution is -0.130. The van der Waals surface area contributed by atoms with Gasteiger partial charge in [0.05, 0.1) is 23.8 Å². The molecule has 3 aromatic rings. The van der Waals surface area contributed by atoms with Crippen molar-refractivity contribution >= 4 is 22.8 Å². The highest BCUT2D eigenvalue weighted by molar-refractivity contribution is 5.97. The molecule has 2 fully saturated rings. The summed E-state index contributed by atoms with van der Waals surface area (Å²) in [6.45, 7) is 2.74. The number of amides is 2. The number of carbonyl (C=O) groups excluding carboxylic acids is 2. The first-order chi connectivity index (χ1) is 14.0. The Morgan fingerprint density at radius 3 is 2.69 bits per heavy atom. The van der Waals surface area contributed by atoms with Gasteiger partial charge in [0.15, 0.2) is 0 Å². The number of likely N-dealkylation sites (tertiary alicyclic amines) is 2. The summed E-state index contributed by atoms with van der Waals surface area (Å²) in [7, 11) is 0. The van der Waals surface area contributed by atoms with Gasteiger partial charge in [0.2, 0.25) is 11.5 Å². The summed E-state index contributed by atoms with van der Waals surface area (Å²) >= 11 is 0. The van der Waals surface area contributed by atoms with Gasteiger partial charge in [0.1, 0.15) is 0 Å². The van der Waals surface area contributed by atoms with E-state index >= 15 is 0 Å². The summed E-state index contributed by atoms with van der Waals surface area (Å²) in [5.41, 5.74) is 2.98.